The van der Waals surface area contributed by atoms with Crippen LogP contribution in [0.25, 0.3) is 0 Å². The Balaban J connectivity index is 1.78. The van der Waals surface area contributed by atoms with Crippen LogP contribution in [0.3, 0.4) is 0 Å². The Bertz CT molecular complexity index is 721. The SMILES string of the molecule is Nc1nc2n(c1C(=O)c1ccc3c(c1)OCO3)CCC2. The van der Waals surface area contributed by atoms with E-state index >= 15 is 0 Å². The Morgan fingerprint density at radius 3 is 3.05 bits per heavy atom. The van der Waals surface area contributed by atoms with Gasteiger partial charge in [-0.15, -0.1) is 0 Å². The molecular formula is C14H13N3O3. The highest BCUT2D eigenvalue weighted by atomic mass is 16.7. The maximum Gasteiger partial charge on any atom is 0.231 e. The number of fused-ring (bicyclic) bond motifs is 2. The summed E-state index contributed by atoms with van der Waals surface area (Å²) < 4.78 is 12.5. The number of nitrogen functional groups attached to an aromatic ring is 1. The van der Waals surface area contributed by atoms with E-state index in [2.05, 4.69) is 4.98 Å². The summed E-state index contributed by atoms with van der Waals surface area (Å²) in [7, 11) is 0. The van der Waals surface area contributed by atoms with Crippen molar-refractivity contribution in [3.63, 3.8) is 0 Å². The van der Waals surface area contributed by atoms with Crippen molar-refractivity contribution in [2.24, 2.45) is 0 Å². The molecule has 20 heavy (non-hydrogen) atoms. The van der Waals surface area contributed by atoms with Gasteiger partial charge >= 0.3 is 0 Å². The van der Waals surface area contributed by atoms with Crippen molar-refractivity contribution in [3.05, 3.63) is 35.3 Å². The van der Waals surface area contributed by atoms with E-state index in [1.165, 1.54) is 0 Å². The minimum atomic E-state index is -0.124. The van der Waals surface area contributed by atoms with Crippen molar-refractivity contribution >= 4 is 11.6 Å². The first kappa shape index (κ1) is 11.3. The van der Waals surface area contributed by atoms with Gasteiger partial charge in [-0.2, -0.15) is 0 Å². The molecule has 6 heteroatoms. The van der Waals surface area contributed by atoms with Gasteiger partial charge in [0, 0.05) is 18.5 Å². The number of carbonyl (C=O) groups excluding carboxylic acids is 1. The maximum atomic E-state index is 12.7. The standard InChI is InChI=1S/C14H13N3O3/c15-14-12(17-5-1-2-11(17)16-14)13(18)8-3-4-9-10(6-8)20-7-19-9/h3-4,6H,1-2,5,7,15H2. The molecule has 0 radical (unpaired) electrons. The van der Waals surface area contributed by atoms with Crippen molar-refractivity contribution in [1.29, 1.82) is 0 Å². The molecule has 0 saturated heterocycles. The Hall–Kier alpha value is -2.50. The van der Waals surface area contributed by atoms with Crippen LogP contribution in [0.15, 0.2) is 18.2 Å². The summed E-state index contributed by atoms with van der Waals surface area (Å²) in [5, 5.41) is 0. The monoisotopic (exact) mass is 271 g/mol. The highest BCUT2D eigenvalue weighted by Crippen LogP contribution is 2.34. The zero-order chi connectivity index (χ0) is 13.7. The second-order valence-corrected chi connectivity index (χ2v) is 4.91. The fourth-order valence-corrected chi connectivity index (χ4v) is 2.76. The Kier molecular flexibility index (Phi) is 2.26. The number of hydrogen-bond donors (Lipinski definition) is 1. The number of ether oxygens (including phenoxy) is 2. The zero-order valence-electron chi connectivity index (χ0n) is 10.8. The van der Waals surface area contributed by atoms with Gasteiger partial charge in [-0.1, -0.05) is 0 Å². The third-order valence-corrected chi connectivity index (χ3v) is 3.71. The summed E-state index contributed by atoms with van der Waals surface area (Å²) in [5.41, 5.74) is 6.91. The number of ketones is 1. The molecule has 0 aliphatic carbocycles. The number of imidazole rings is 1. The average Bonchev–Trinajstić information content (AvgIpc) is 3.11. The third-order valence-electron chi connectivity index (χ3n) is 3.71. The lowest BCUT2D eigenvalue weighted by Crippen LogP contribution is -2.11. The summed E-state index contributed by atoms with van der Waals surface area (Å²) in [6.45, 7) is 0.988. The molecule has 0 bridgehead atoms. The van der Waals surface area contributed by atoms with Gasteiger partial charge in [0.2, 0.25) is 12.6 Å². The van der Waals surface area contributed by atoms with Crippen LogP contribution in [0.4, 0.5) is 5.82 Å². The van der Waals surface area contributed by atoms with E-state index in [1.54, 1.807) is 18.2 Å². The lowest BCUT2D eigenvalue weighted by molar-refractivity contribution is 0.103. The minimum absolute atomic E-state index is 0.124. The van der Waals surface area contributed by atoms with Crippen molar-refractivity contribution in [2.45, 2.75) is 19.4 Å². The largest absolute Gasteiger partial charge is 0.454 e. The molecule has 0 amide bonds. The van der Waals surface area contributed by atoms with Gasteiger partial charge in [0.05, 0.1) is 0 Å². The summed E-state index contributed by atoms with van der Waals surface area (Å²) in [6.07, 6.45) is 1.88. The maximum absolute atomic E-state index is 12.7. The molecule has 102 valence electrons. The third kappa shape index (κ3) is 1.51. The van der Waals surface area contributed by atoms with Crippen molar-refractivity contribution in [2.75, 3.05) is 12.5 Å². The number of benzene rings is 1. The number of carbonyl (C=O) groups is 1. The van der Waals surface area contributed by atoms with Crippen LogP contribution in [-0.2, 0) is 13.0 Å². The van der Waals surface area contributed by atoms with E-state index in [-0.39, 0.29) is 12.6 Å². The van der Waals surface area contributed by atoms with Gasteiger partial charge < -0.3 is 19.8 Å². The van der Waals surface area contributed by atoms with Crippen molar-refractivity contribution < 1.29 is 14.3 Å². The van der Waals surface area contributed by atoms with Gasteiger partial charge in [-0.3, -0.25) is 4.79 Å². The molecule has 2 N–H and O–H groups in total. The topological polar surface area (TPSA) is 79.4 Å². The minimum Gasteiger partial charge on any atom is -0.454 e. The average molecular weight is 271 g/mol. The van der Waals surface area contributed by atoms with Crippen molar-refractivity contribution in [1.82, 2.24) is 9.55 Å². The molecule has 0 spiro atoms. The van der Waals surface area contributed by atoms with Crippen LogP contribution in [0.1, 0.15) is 28.3 Å². The Labute approximate surface area is 115 Å². The molecule has 0 saturated carbocycles. The number of hydrogen-bond acceptors (Lipinski definition) is 5. The summed E-state index contributed by atoms with van der Waals surface area (Å²) in [5.74, 6) is 2.33. The highest BCUT2D eigenvalue weighted by Gasteiger charge is 2.26. The number of anilines is 1. The molecule has 2 aromatic rings. The van der Waals surface area contributed by atoms with Gasteiger partial charge in [0.1, 0.15) is 11.5 Å². The molecule has 4 rings (SSSR count). The first-order chi connectivity index (χ1) is 9.74. The first-order valence-electron chi connectivity index (χ1n) is 6.53. The molecule has 1 aromatic carbocycles. The molecular weight excluding hydrogens is 258 g/mol. The van der Waals surface area contributed by atoms with E-state index in [1.807, 2.05) is 4.57 Å². The van der Waals surface area contributed by atoms with Crippen LogP contribution in [0.2, 0.25) is 0 Å². The number of rotatable bonds is 2. The second-order valence-electron chi connectivity index (χ2n) is 4.91. The summed E-state index contributed by atoms with van der Waals surface area (Å²) in [4.78, 5) is 16.9. The number of aromatic nitrogens is 2. The van der Waals surface area contributed by atoms with Crippen LogP contribution >= 0.6 is 0 Å². The van der Waals surface area contributed by atoms with Crippen molar-refractivity contribution in [3.8, 4) is 11.5 Å². The van der Waals surface area contributed by atoms with Gasteiger partial charge in [0.25, 0.3) is 0 Å². The second kappa shape index (κ2) is 4.00. The predicted octanol–water partition coefficient (Wildman–Crippen LogP) is 1.37. The van der Waals surface area contributed by atoms with Gasteiger partial charge in [0.15, 0.2) is 17.3 Å². The Morgan fingerprint density at radius 1 is 1.30 bits per heavy atom. The molecule has 6 nitrogen and oxygen atoms in total. The molecule has 0 fully saturated rings. The number of nitrogens with two attached hydrogens (primary N) is 1. The normalized spacial score (nSPS) is 15.4. The van der Waals surface area contributed by atoms with E-state index in [0.717, 1.165) is 25.2 Å². The molecule has 0 unspecified atom stereocenters. The van der Waals surface area contributed by atoms with Crippen LogP contribution in [0.5, 0.6) is 11.5 Å². The molecule has 2 aliphatic heterocycles. The van der Waals surface area contributed by atoms with E-state index < -0.39 is 0 Å². The Morgan fingerprint density at radius 2 is 2.15 bits per heavy atom. The smallest absolute Gasteiger partial charge is 0.231 e. The number of nitrogens with zero attached hydrogens (tertiary/aromatic N) is 2. The fraction of sp³-hybridized carbons (Fsp3) is 0.286. The first-order valence-corrected chi connectivity index (χ1v) is 6.53. The summed E-state index contributed by atoms with van der Waals surface area (Å²) >= 11 is 0. The van der Waals surface area contributed by atoms with Gasteiger partial charge in [-0.25, -0.2) is 4.98 Å². The van der Waals surface area contributed by atoms with Crippen LogP contribution in [-0.4, -0.2) is 22.1 Å². The highest BCUT2D eigenvalue weighted by molar-refractivity contribution is 6.11. The zero-order valence-corrected chi connectivity index (χ0v) is 10.8. The molecule has 2 aliphatic rings. The van der Waals surface area contributed by atoms with Crippen LogP contribution in [0, 0.1) is 0 Å². The molecule has 1 aromatic heterocycles. The quantitative estimate of drug-likeness (QED) is 0.834. The van der Waals surface area contributed by atoms with Gasteiger partial charge in [-0.05, 0) is 24.6 Å². The summed E-state index contributed by atoms with van der Waals surface area (Å²) in [6, 6.07) is 5.16. The molecule has 0 atom stereocenters. The van der Waals surface area contributed by atoms with E-state index in [4.69, 9.17) is 15.2 Å². The molecule has 3 heterocycles. The van der Waals surface area contributed by atoms with E-state index in [9.17, 15) is 4.79 Å². The lowest BCUT2D eigenvalue weighted by Gasteiger charge is -2.06. The van der Waals surface area contributed by atoms with Crippen LogP contribution < -0.4 is 15.2 Å². The predicted molar refractivity (Wildman–Crippen MR) is 71.0 cm³/mol. The lowest BCUT2D eigenvalue weighted by atomic mass is 10.1. The number of aryl methyl sites for hydroxylation is 1. The fourth-order valence-electron chi connectivity index (χ4n) is 2.76. The van der Waals surface area contributed by atoms with E-state index in [0.29, 0.717) is 28.6 Å².